The fraction of sp³-hybridized carbons (Fsp3) is 0.167. The van der Waals surface area contributed by atoms with E-state index in [0.29, 0.717) is 16.9 Å². The average Bonchev–Trinajstić information content (AvgIpc) is 2.60. The Kier molecular flexibility index (Phi) is 4.37. The van der Waals surface area contributed by atoms with E-state index in [-0.39, 0.29) is 6.54 Å². The van der Waals surface area contributed by atoms with Crippen LogP contribution in [0.3, 0.4) is 0 Å². The molecule has 2 aromatic carbocycles. The van der Waals surface area contributed by atoms with Crippen LogP contribution < -0.4 is 5.32 Å². The summed E-state index contributed by atoms with van der Waals surface area (Å²) in [5, 5.41) is 3.98. The maximum absolute atomic E-state index is 14.0. The molecule has 1 heterocycles. The van der Waals surface area contributed by atoms with Gasteiger partial charge < -0.3 is 10.1 Å². The van der Waals surface area contributed by atoms with Crippen molar-refractivity contribution in [3.8, 4) is 0 Å². The van der Waals surface area contributed by atoms with E-state index in [1.807, 2.05) is 25.1 Å². The number of hydrogen-bond acceptors (Lipinski definition) is 5. The van der Waals surface area contributed by atoms with Crippen molar-refractivity contribution in [2.24, 2.45) is 0 Å². The van der Waals surface area contributed by atoms with Crippen molar-refractivity contribution >= 4 is 22.7 Å². The summed E-state index contributed by atoms with van der Waals surface area (Å²) in [4.78, 5) is 20.0. The van der Waals surface area contributed by atoms with E-state index in [4.69, 9.17) is 0 Å². The van der Waals surface area contributed by atoms with Crippen LogP contribution in [0, 0.1) is 12.7 Å². The van der Waals surface area contributed by atoms with E-state index in [1.54, 1.807) is 0 Å². The molecule has 0 saturated heterocycles. The van der Waals surface area contributed by atoms with Gasteiger partial charge in [0.1, 0.15) is 18.0 Å². The van der Waals surface area contributed by atoms with E-state index >= 15 is 0 Å². The van der Waals surface area contributed by atoms with Gasteiger partial charge in [-0.2, -0.15) is 0 Å². The molecule has 6 heteroatoms. The Morgan fingerprint density at radius 2 is 2.04 bits per heavy atom. The number of esters is 1. The number of fused-ring (bicyclic) bond motifs is 1. The first-order chi connectivity index (χ1) is 11.6. The zero-order chi connectivity index (χ0) is 17.1. The second-order valence-electron chi connectivity index (χ2n) is 5.39. The first kappa shape index (κ1) is 15.9. The lowest BCUT2D eigenvalue weighted by molar-refractivity contribution is 0.0600. The molecule has 1 aromatic heterocycles. The van der Waals surface area contributed by atoms with Gasteiger partial charge in [0.05, 0.1) is 18.2 Å². The highest BCUT2D eigenvalue weighted by Crippen LogP contribution is 2.21. The third kappa shape index (κ3) is 3.17. The topological polar surface area (TPSA) is 64.1 Å². The molecule has 0 fully saturated rings. The van der Waals surface area contributed by atoms with Crippen LogP contribution in [0.2, 0.25) is 0 Å². The molecular formula is C18H16FN3O2. The van der Waals surface area contributed by atoms with Gasteiger partial charge in [0.25, 0.3) is 0 Å². The number of halogens is 1. The first-order valence-electron chi connectivity index (χ1n) is 7.40. The summed E-state index contributed by atoms with van der Waals surface area (Å²) in [6.45, 7) is 2.17. The van der Waals surface area contributed by atoms with Gasteiger partial charge in [-0.3, -0.25) is 0 Å². The van der Waals surface area contributed by atoms with Crippen molar-refractivity contribution in [2.75, 3.05) is 12.4 Å². The lowest BCUT2D eigenvalue weighted by Gasteiger charge is -2.10. The van der Waals surface area contributed by atoms with Crippen molar-refractivity contribution in [1.82, 2.24) is 9.97 Å². The standard InChI is InChI=1S/C18H16FN3O2/c1-11-3-6-16-14(7-11)17(22-10-21-16)20-9-13-8-12(18(23)24-2)4-5-15(13)19/h3-8,10H,9H2,1-2H3,(H,20,21,22). The second-order valence-corrected chi connectivity index (χ2v) is 5.39. The molecule has 24 heavy (non-hydrogen) atoms. The summed E-state index contributed by atoms with van der Waals surface area (Å²) in [7, 11) is 1.29. The Labute approximate surface area is 138 Å². The number of aromatic nitrogens is 2. The monoisotopic (exact) mass is 325 g/mol. The number of benzene rings is 2. The van der Waals surface area contributed by atoms with Crippen molar-refractivity contribution in [1.29, 1.82) is 0 Å². The lowest BCUT2D eigenvalue weighted by Crippen LogP contribution is -2.07. The molecule has 0 saturated carbocycles. The first-order valence-corrected chi connectivity index (χ1v) is 7.40. The van der Waals surface area contributed by atoms with Gasteiger partial charge in [-0.25, -0.2) is 19.2 Å². The largest absolute Gasteiger partial charge is 0.465 e. The smallest absolute Gasteiger partial charge is 0.337 e. The molecule has 3 rings (SSSR count). The van der Waals surface area contributed by atoms with Gasteiger partial charge in [-0.05, 0) is 37.3 Å². The molecule has 0 radical (unpaired) electrons. The summed E-state index contributed by atoms with van der Waals surface area (Å²) in [5.74, 6) is -0.282. The predicted octanol–water partition coefficient (Wildman–Crippen LogP) is 3.48. The zero-order valence-corrected chi connectivity index (χ0v) is 13.3. The quantitative estimate of drug-likeness (QED) is 0.744. The number of methoxy groups -OCH3 is 1. The number of nitrogens with zero attached hydrogens (tertiary/aromatic N) is 2. The molecule has 0 bridgehead atoms. The minimum Gasteiger partial charge on any atom is -0.465 e. The highest BCUT2D eigenvalue weighted by molar-refractivity contribution is 5.90. The normalized spacial score (nSPS) is 10.6. The van der Waals surface area contributed by atoms with Crippen molar-refractivity contribution in [3.63, 3.8) is 0 Å². The van der Waals surface area contributed by atoms with Crippen LogP contribution in [-0.4, -0.2) is 23.0 Å². The number of rotatable bonds is 4. The minimum atomic E-state index is -0.501. The average molecular weight is 325 g/mol. The van der Waals surface area contributed by atoms with E-state index in [9.17, 15) is 9.18 Å². The van der Waals surface area contributed by atoms with E-state index < -0.39 is 11.8 Å². The molecule has 0 atom stereocenters. The number of hydrogen-bond donors (Lipinski definition) is 1. The Balaban J connectivity index is 1.89. The van der Waals surface area contributed by atoms with E-state index in [1.165, 1.54) is 31.6 Å². The number of nitrogens with one attached hydrogen (secondary N) is 1. The van der Waals surface area contributed by atoms with Gasteiger partial charge in [0.15, 0.2) is 0 Å². The van der Waals surface area contributed by atoms with Crippen LogP contribution in [0.15, 0.2) is 42.7 Å². The third-order valence-electron chi connectivity index (χ3n) is 3.70. The maximum Gasteiger partial charge on any atom is 0.337 e. The Morgan fingerprint density at radius 1 is 1.21 bits per heavy atom. The van der Waals surface area contributed by atoms with Gasteiger partial charge in [-0.1, -0.05) is 11.6 Å². The van der Waals surface area contributed by atoms with Crippen LogP contribution in [0.25, 0.3) is 10.9 Å². The summed E-state index contributed by atoms with van der Waals surface area (Å²) in [5.41, 5.74) is 2.55. The molecule has 0 amide bonds. The summed E-state index contributed by atoms with van der Waals surface area (Å²) in [6, 6.07) is 9.98. The van der Waals surface area contributed by atoms with Crippen LogP contribution in [0.5, 0.6) is 0 Å². The molecule has 0 spiro atoms. The number of anilines is 1. The highest BCUT2D eigenvalue weighted by Gasteiger charge is 2.11. The summed E-state index contributed by atoms with van der Waals surface area (Å²) in [6.07, 6.45) is 1.46. The number of carbonyl (C=O) groups excluding carboxylic acids is 1. The van der Waals surface area contributed by atoms with Gasteiger partial charge >= 0.3 is 5.97 Å². The number of carbonyl (C=O) groups is 1. The van der Waals surface area contributed by atoms with Crippen LogP contribution in [0.4, 0.5) is 10.2 Å². The molecule has 5 nitrogen and oxygen atoms in total. The molecule has 0 unspecified atom stereocenters. The Morgan fingerprint density at radius 3 is 2.83 bits per heavy atom. The van der Waals surface area contributed by atoms with Crippen LogP contribution in [-0.2, 0) is 11.3 Å². The SMILES string of the molecule is COC(=O)c1ccc(F)c(CNc2ncnc3ccc(C)cc23)c1. The molecule has 0 aliphatic heterocycles. The summed E-state index contributed by atoms with van der Waals surface area (Å²) < 4.78 is 18.7. The second kappa shape index (κ2) is 6.62. The zero-order valence-electron chi connectivity index (χ0n) is 13.3. The van der Waals surface area contributed by atoms with E-state index in [2.05, 4.69) is 20.0 Å². The molecule has 0 aliphatic carbocycles. The third-order valence-corrected chi connectivity index (χ3v) is 3.70. The Bertz CT molecular complexity index is 912. The van der Waals surface area contributed by atoms with Crippen molar-refractivity contribution in [3.05, 3.63) is 65.2 Å². The summed E-state index contributed by atoms with van der Waals surface area (Å²) >= 11 is 0. The van der Waals surface area contributed by atoms with Crippen LogP contribution >= 0.6 is 0 Å². The van der Waals surface area contributed by atoms with E-state index in [0.717, 1.165) is 16.5 Å². The maximum atomic E-state index is 14.0. The molecule has 122 valence electrons. The van der Waals surface area contributed by atoms with Crippen molar-refractivity contribution < 1.29 is 13.9 Å². The lowest BCUT2D eigenvalue weighted by atomic mass is 10.1. The van der Waals surface area contributed by atoms with Gasteiger partial charge in [0.2, 0.25) is 0 Å². The van der Waals surface area contributed by atoms with Gasteiger partial charge in [0, 0.05) is 17.5 Å². The fourth-order valence-electron chi connectivity index (χ4n) is 2.45. The predicted molar refractivity (Wildman–Crippen MR) is 89.3 cm³/mol. The van der Waals surface area contributed by atoms with Crippen LogP contribution in [0.1, 0.15) is 21.5 Å². The molecule has 0 aliphatic rings. The van der Waals surface area contributed by atoms with Crippen molar-refractivity contribution in [2.45, 2.75) is 13.5 Å². The Hall–Kier alpha value is -3.02. The number of ether oxygens (including phenoxy) is 1. The molecule has 3 aromatic rings. The minimum absolute atomic E-state index is 0.191. The molecule has 1 N–H and O–H groups in total. The number of aryl methyl sites for hydroxylation is 1. The fourth-order valence-corrected chi connectivity index (χ4v) is 2.45. The van der Waals surface area contributed by atoms with Gasteiger partial charge in [-0.15, -0.1) is 0 Å². The molecular weight excluding hydrogens is 309 g/mol. The highest BCUT2D eigenvalue weighted by atomic mass is 19.1.